The van der Waals surface area contributed by atoms with E-state index in [2.05, 4.69) is 4.98 Å². The van der Waals surface area contributed by atoms with Gasteiger partial charge in [-0.2, -0.15) is 0 Å². The van der Waals surface area contributed by atoms with Gasteiger partial charge in [0.05, 0.1) is 19.1 Å². The zero-order valence-electron chi connectivity index (χ0n) is 12.9. The Labute approximate surface area is 133 Å². The molecule has 0 unspecified atom stereocenters. The van der Waals surface area contributed by atoms with E-state index in [1.165, 1.54) is 24.8 Å². The maximum atomic E-state index is 11.3. The molecule has 1 heterocycles. The summed E-state index contributed by atoms with van der Waals surface area (Å²) in [4.78, 5) is 15.1. The Morgan fingerprint density at radius 2 is 1.96 bits per heavy atom. The zero-order valence-corrected chi connectivity index (χ0v) is 12.9. The van der Waals surface area contributed by atoms with Crippen molar-refractivity contribution in [1.82, 2.24) is 4.98 Å². The third kappa shape index (κ3) is 2.88. The van der Waals surface area contributed by atoms with E-state index < -0.39 is 4.92 Å². The van der Waals surface area contributed by atoms with Crippen LogP contribution >= 0.6 is 0 Å². The second-order valence-corrected chi connectivity index (χ2v) is 5.21. The molecule has 0 bridgehead atoms. The average molecular weight is 312 g/mol. The van der Waals surface area contributed by atoms with Crippen LogP contribution in [-0.4, -0.2) is 24.1 Å². The molecule has 0 saturated heterocycles. The van der Waals surface area contributed by atoms with E-state index in [1.807, 2.05) is 24.3 Å². The van der Waals surface area contributed by atoms with Gasteiger partial charge in [0.15, 0.2) is 0 Å². The van der Waals surface area contributed by atoms with Crippen molar-refractivity contribution >= 4 is 17.3 Å². The predicted molar refractivity (Wildman–Crippen MR) is 86.6 cm³/mol. The second-order valence-electron chi connectivity index (χ2n) is 5.21. The highest BCUT2D eigenvalue weighted by Gasteiger charge is 2.22. The van der Waals surface area contributed by atoms with Crippen LogP contribution in [0.4, 0.5) is 5.69 Å². The molecule has 0 saturated carbocycles. The number of hydrogen-bond donors (Lipinski definition) is 0. The number of benzene rings is 1. The lowest BCUT2D eigenvalue weighted by Gasteiger charge is -2.17. The number of nitro groups is 1. The number of methoxy groups -OCH3 is 2. The molecule has 6 heteroatoms. The summed E-state index contributed by atoms with van der Waals surface area (Å²) >= 11 is 0. The number of hydrogen-bond acceptors (Lipinski definition) is 5. The second kappa shape index (κ2) is 6.08. The SMILES string of the molecule is COc1ccc2c(c1)CCC(c1nc(OC)ccc1[N+](=O)[O-])=C2. The van der Waals surface area contributed by atoms with Crippen LogP contribution in [0.15, 0.2) is 30.3 Å². The molecule has 0 atom stereocenters. The standard InChI is InChI=1S/C17H16N2O4/c1-22-14-6-5-11-9-13(4-3-12(11)10-14)17-15(19(20)21)7-8-16(18-17)23-2/h5-10H,3-4H2,1-2H3. The quantitative estimate of drug-likeness (QED) is 0.638. The molecule has 6 nitrogen and oxygen atoms in total. The summed E-state index contributed by atoms with van der Waals surface area (Å²) in [5, 5.41) is 11.3. The largest absolute Gasteiger partial charge is 0.497 e. The normalized spacial score (nSPS) is 13.0. The van der Waals surface area contributed by atoms with Crippen LogP contribution in [-0.2, 0) is 6.42 Å². The van der Waals surface area contributed by atoms with Crippen molar-refractivity contribution < 1.29 is 14.4 Å². The number of ether oxygens (including phenoxy) is 2. The minimum Gasteiger partial charge on any atom is -0.497 e. The van der Waals surface area contributed by atoms with Crippen LogP contribution in [0.3, 0.4) is 0 Å². The fourth-order valence-corrected chi connectivity index (χ4v) is 2.71. The van der Waals surface area contributed by atoms with Crippen LogP contribution in [0, 0.1) is 10.1 Å². The van der Waals surface area contributed by atoms with Gasteiger partial charge in [0, 0.05) is 12.1 Å². The number of rotatable bonds is 4. The van der Waals surface area contributed by atoms with E-state index >= 15 is 0 Å². The lowest BCUT2D eigenvalue weighted by atomic mass is 9.90. The Balaban J connectivity index is 2.08. The van der Waals surface area contributed by atoms with Crippen molar-refractivity contribution in [1.29, 1.82) is 0 Å². The molecule has 0 aliphatic heterocycles. The number of aromatic nitrogens is 1. The van der Waals surface area contributed by atoms with Gasteiger partial charge < -0.3 is 9.47 Å². The van der Waals surface area contributed by atoms with Crippen LogP contribution in [0.1, 0.15) is 23.2 Å². The van der Waals surface area contributed by atoms with Crippen LogP contribution < -0.4 is 9.47 Å². The van der Waals surface area contributed by atoms with Crippen LogP contribution in [0.5, 0.6) is 11.6 Å². The molecule has 1 aromatic heterocycles. The van der Waals surface area contributed by atoms with Crippen molar-refractivity contribution in [2.45, 2.75) is 12.8 Å². The molecule has 118 valence electrons. The third-order valence-corrected chi connectivity index (χ3v) is 3.90. The minimum absolute atomic E-state index is 0.00554. The highest BCUT2D eigenvalue weighted by atomic mass is 16.6. The molecule has 23 heavy (non-hydrogen) atoms. The fraction of sp³-hybridized carbons (Fsp3) is 0.235. The molecule has 1 aliphatic rings. The van der Waals surface area contributed by atoms with Crippen LogP contribution in [0.2, 0.25) is 0 Å². The van der Waals surface area contributed by atoms with Gasteiger partial charge in [0.1, 0.15) is 11.4 Å². The van der Waals surface area contributed by atoms with E-state index in [9.17, 15) is 10.1 Å². The minimum atomic E-state index is -0.411. The first-order valence-electron chi connectivity index (χ1n) is 7.19. The summed E-state index contributed by atoms with van der Waals surface area (Å²) < 4.78 is 10.3. The lowest BCUT2D eigenvalue weighted by Crippen LogP contribution is -2.04. The van der Waals surface area contributed by atoms with Crippen molar-refractivity contribution in [3.8, 4) is 11.6 Å². The topological polar surface area (TPSA) is 74.5 Å². The van der Waals surface area contributed by atoms with Gasteiger partial charge in [-0.1, -0.05) is 6.07 Å². The van der Waals surface area contributed by atoms with Gasteiger partial charge >= 0.3 is 0 Å². The molecule has 3 rings (SSSR count). The van der Waals surface area contributed by atoms with Gasteiger partial charge in [0.25, 0.3) is 5.69 Å². The number of fused-ring (bicyclic) bond motifs is 1. The molecule has 0 radical (unpaired) electrons. The van der Waals surface area contributed by atoms with Gasteiger partial charge in [0.2, 0.25) is 5.88 Å². The molecule has 1 aliphatic carbocycles. The van der Waals surface area contributed by atoms with Crippen molar-refractivity contribution in [3.63, 3.8) is 0 Å². The van der Waals surface area contributed by atoms with Gasteiger partial charge in [-0.15, -0.1) is 0 Å². The van der Waals surface area contributed by atoms with Gasteiger partial charge in [-0.3, -0.25) is 10.1 Å². The first-order valence-corrected chi connectivity index (χ1v) is 7.19. The Kier molecular flexibility index (Phi) is 3.97. The van der Waals surface area contributed by atoms with E-state index in [0.717, 1.165) is 23.3 Å². The van der Waals surface area contributed by atoms with Crippen molar-refractivity contribution in [2.75, 3.05) is 14.2 Å². The first-order chi connectivity index (χ1) is 11.1. The molecule has 1 aromatic carbocycles. The maximum absolute atomic E-state index is 11.3. The molecule has 0 spiro atoms. The van der Waals surface area contributed by atoms with Crippen LogP contribution in [0.25, 0.3) is 11.6 Å². The Bertz CT molecular complexity index is 799. The summed E-state index contributed by atoms with van der Waals surface area (Å²) in [6.07, 6.45) is 3.42. The van der Waals surface area contributed by atoms with Gasteiger partial charge in [-0.25, -0.2) is 4.98 Å². The lowest BCUT2D eigenvalue weighted by molar-refractivity contribution is -0.385. The smallest absolute Gasteiger partial charge is 0.295 e. The molecule has 2 aromatic rings. The third-order valence-electron chi connectivity index (χ3n) is 3.90. The molecule has 0 N–H and O–H groups in total. The summed E-state index contributed by atoms with van der Waals surface area (Å²) in [5.41, 5.74) is 3.41. The van der Waals surface area contributed by atoms with E-state index in [-0.39, 0.29) is 5.69 Å². The zero-order chi connectivity index (χ0) is 16.4. The van der Waals surface area contributed by atoms with Gasteiger partial charge in [-0.05, 0) is 47.8 Å². The molecular weight excluding hydrogens is 296 g/mol. The predicted octanol–water partition coefficient (Wildman–Crippen LogP) is 3.49. The fourth-order valence-electron chi connectivity index (χ4n) is 2.71. The number of nitrogens with zero attached hydrogens (tertiary/aromatic N) is 2. The summed E-state index contributed by atoms with van der Waals surface area (Å²) in [6.45, 7) is 0. The molecule has 0 fully saturated rings. The monoisotopic (exact) mass is 312 g/mol. The van der Waals surface area contributed by atoms with Crippen molar-refractivity contribution in [3.05, 3.63) is 57.3 Å². The average Bonchev–Trinajstić information content (AvgIpc) is 2.60. The maximum Gasteiger partial charge on any atom is 0.295 e. The number of allylic oxidation sites excluding steroid dienone is 1. The molecular formula is C17H16N2O4. The highest BCUT2D eigenvalue weighted by Crippen LogP contribution is 2.35. The highest BCUT2D eigenvalue weighted by molar-refractivity contribution is 5.86. The Morgan fingerprint density at radius 3 is 2.65 bits per heavy atom. The first kappa shape index (κ1) is 15.0. The van der Waals surface area contributed by atoms with E-state index in [4.69, 9.17) is 9.47 Å². The summed E-state index contributed by atoms with van der Waals surface area (Å²) in [6, 6.07) is 8.77. The summed E-state index contributed by atoms with van der Waals surface area (Å²) in [5.74, 6) is 1.18. The van der Waals surface area contributed by atoms with E-state index in [1.54, 1.807) is 7.11 Å². The van der Waals surface area contributed by atoms with Crippen molar-refractivity contribution in [2.24, 2.45) is 0 Å². The summed E-state index contributed by atoms with van der Waals surface area (Å²) in [7, 11) is 3.13. The number of aryl methyl sites for hydroxylation is 1. The molecule has 0 amide bonds. The number of pyridine rings is 1. The van der Waals surface area contributed by atoms with E-state index in [0.29, 0.717) is 18.0 Å². The Morgan fingerprint density at radius 1 is 1.13 bits per heavy atom. The Hall–Kier alpha value is -2.89.